The number of hydrogen-bond acceptors (Lipinski definition) is 4. The van der Waals surface area contributed by atoms with Gasteiger partial charge in [0.05, 0.1) is 0 Å². The van der Waals surface area contributed by atoms with Gasteiger partial charge in [0.2, 0.25) is 0 Å². The van der Waals surface area contributed by atoms with Gasteiger partial charge in [-0.2, -0.15) is 0 Å². The highest BCUT2D eigenvalue weighted by Crippen LogP contribution is 2.00. The van der Waals surface area contributed by atoms with E-state index < -0.39 is 0 Å². The maximum absolute atomic E-state index is 5.46. The third-order valence-electron chi connectivity index (χ3n) is 2.44. The van der Waals surface area contributed by atoms with E-state index in [1.165, 1.54) is 0 Å². The Bertz CT molecular complexity index is 126. The Morgan fingerprint density at radius 2 is 1.17 bits per heavy atom. The van der Waals surface area contributed by atoms with Gasteiger partial charge >= 0.3 is 0 Å². The second-order valence-electron chi connectivity index (χ2n) is 4.14. The molecular formula is C14H29O4. The lowest BCUT2D eigenvalue weighted by Crippen LogP contribution is -2.02. The van der Waals surface area contributed by atoms with Crippen molar-refractivity contribution in [2.75, 3.05) is 53.9 Å². The quantitative estimate of drug-likeness (QED) is 0.424. The average molecular weight is 261 g/mol. The molecule has 0 aliphatic heterocycles. The highest BCUT2D eigenvalue weighted by atomic mass is 16.5. The predicted octanol–water partition coefficient (Wildman–Crippen LogP) is 2.47. The van der Waals surface area contributed by atoms with E-state index in [1.54, 1.807) is 14.2 Å². The van der Waals surface area contributed by atoms with Crippen molar-refractivity contribution in [3.63, 3.8) is 0 Å². The van der Waals surface area contributed by atoms with Crippen molar-refractivity contribution >= 4 is 0 Å². The van der Waals surface area contributed by atoms with E-state index in [4.69, 9.17) is 18.9 Å². The Balaban J connectivity index is 2.86. The van der Waals surface area contributed by atoms with Gasteiger partial charge in [-0.25, -0.2) is 0 Å². The minimum atomic E-state index is 0.782. The molecule has 1 radical (unpaired) electrons. The molecule has 0 aromatic heterocycles. The molecule has 109 valence electrons. The van der Waals surface area contributed by atoms with Gasteiger partial charge in [-0.3, -0.25) is 0 Å². The maximum Gasteiger partial charge on any atom is 0.0487 e. The van der Waals surface area contributed by atoms with Crippen LogP contribution in [0.4, 0.5) is 0 Å². The van der Waals surface area contributed by atoms with Crippen LogP contribution in [-0.4, -0.2) is 53.9 Å². The van der Waals surface area contributed by atoms with Crippen LogP contribution in [0.1, 0.15) is 32.1 Å². The van der Waals surface area contributed by atoms with Crippen LogP contribution in [0.5, 0.6) is 0 Å². The Morgan fingerprint density at radius 1 is 0.611 bits per heavy atom. The Hall–Kier alpha value is -0.160. The molecule has 0 saturated carbocycles. The molecule has 0 amide bonds. The first-order valence-electron chi connectivity index (χ1n) is 6.87. The van der Waals surface area contributed by atoms with Gasteiger partial charge in [0.15, 0.2) is 0 Å². The minimum absolute atomic E-state index is 0.782. The molecule has 0 heterocycles. The normalized spacial score (nSPS) is 11.0. The summed E-state index contributed by atoms with van der Waals surface area (Å²) in [6, 6.07) is 0. The molecular weight excluding hydrogens is 232 g/mol. The fraction of sp³-hybridized carbons (Fsp3) is 0.929. The predicted molar refractivity (Wildman–Crippen MR) is 72.8 cm³/mol. The molecule has 0 aliphatic carbocycles. The molecule has 0 unspecified atom stereocenters. The van der Waals surface area contributed by atoms with Crippen LogP contribution in [0.25, 0.3) is 0 Å². The molecule has 4 heteroatoms. The molecule has 0 aliphatic rings. The van der Waals surface area contributed by atoms with E-state index >= 15 is 0 Å². The second kappa shape index (κ2) is 16.8. The van der Waals surface area contributed by atoms with E-state index in [0.717, 1.165) is 71.7 Å². The summed E-state index contributed by atoms with van der Waals surface area (Å²) in [5.74, 6) is 0. The van der Waals surface area contributed by atoms with Crippen LogP contribution in [0.3, 0.4) is 0 Å². The molecule has 0 fully saturated rings. The molecule has 0 rings (SSSR count). The van der Waals surface area contributed by atoms with Crippen LogP contribution in [-0.2, 0) is 18.9 Å². The third-order valence-corrected chi connectivity index (χ3v) is 2.44. The zero-order valence-corrected chi connectivity index (χ0v) is 12.0. The molecule has 0 atom stereocenters. The first-order valence-corrected chi connectivity index (χ1v) is 6.87. The zero-order chi connectivity index (χ0) is 13.3. The van der Waals surface area contributed by atoms with Gasteiger partial charge in [0.25, 0.3) is 0 Å². The fourth-order valence-corrected chi connectivity index (χ4v) is 1.46. The standard InChI is InChI=1S/C14H29O4/c1-15-9-7-13-17-11-5-3-4-6-12-18-14-8-10-16-2/h3H,4-14H2,1-2H3. The molecule has 0 N–H and O–H groups in total. The summed E-state index contributed by atoms with van der Waals surface area (Å²) in [5.41, 5.74) is 0. The number of rotatable bonds is 15. The van der Waals surface area contributed by atoms with Crippen LogP contribution < -0.4 is 0 Å². The van der Waals surface area contributed by atoms with E-state index in [-0.39, 0.29) is 0 Å². The highest BCUT2D eigenvalue weighted by molar-refractivity contribution is 4.63. The van der Waals surface area contributed by atoms with E-state index in [0.29, 0.717) is 0 Å². The second-order valence-corrected chi connectivity index (χ2v) is 4.14. The summed E-state index contributed by atoms with van der Waals surface area (Å²) in [5, 5.41) is 0. The smallest absolute Gasteiger partial charge is 0.0487 e. The molecule has 18 heavy (non-hydrogen) atoms. The third kappa shape index (κ3) is 15.8. The van der Waals surface area contributed by atoms with Crippen LogP contribution in [0, 0.1) is 6.42 Å². The molecule has 4 nitrogen and oxygen atoms in total. The lowest BCUT2D eigenvalue weighted by Gasteiger charge is -2.05. The van der Waals surface area contributed by atoms with Crippen molar-refractivity contribution in [3.8, 4) is 0 Å². The summed E-state index contributed by atoms with van der Waals surface area (Å²) in [6.45, 7) is 4.82. The number of hydrogen-bond donors (Lipinski definition) is 0. The van der Waals surface area contributed by atoms with Gasteiger partial charge in [0, 0.05) is 53.9 Å². The van der Waals surface area contributed by atoms with Crippen molar-refractivity contribution < 1.29 is 18.9 Å². The minimum Gasteiger partial charge on any atom is -0.385 e. The average Bonchev–Trinajstić information content (AvgIpc) is 2.39. The van der Waals surface area contributed by atoms with Crippen molar-refractivity contribution in [2.24, 2.45) is 0 Å². The van der Waals surface area contributed by atoms with Crippen LogP contribution in [0.2, 0.25) is 0 Å². The molecule has 0 bridgehead atoms. The molecule has 0 saturated heterocycles. The maximum atomic E-state index is 5.46. The summed E-state index contributed by atoms with van der Waals surface area (Å²) < 4.78 is 20.8. The van der Waals surface area contributed by atoms with Crippen molar-refractivity contribution in [2.45, 2.75) is 32.1 Å². The van der Waals surface area contributed by atoms with Gasteiger partial charge in [-0.1, -0.05) is 0 Å². The van der Waals surface area contributed by atoms with E-state index in [2.05, 4.69) is 6.42 Å². The lowest BCUT2D eigenvalue weighted by atomic mass is 10.2. The number of ether oxygens (including phenoxy) is 4. The Labute approximate surface area is 112 Å². The summed E-state index contributed by atoms with van der Waals surface area (Å²) >= 11 is 0. The Morgan fingerprint density at radius 3 is 1.78 bits per heavy atom. The van der Waals surface area contributed by atoms with Crippen molar-refractivity contribution in [3.05, 3.63) is 6.42 Å². The summed E-state index contributed by atoms with van der Waals surface area (Å²) in [6.07, 6.45) is 7.45. The Kier molecular flexibility index (Phi) is 16.7. The highest BCUT2D eigenvalue weighted by Gasteiger charge is 1.93. The van der Waals surface area contributed by atoms with Gasteiger partial charge in [-0.15, -0.1) is 0 Å². The number of methoxy groups -OCH3 is 2. The van der Waals surface area contributed by atoms with E-state index in [9.17, 15) is 0 Å². The fourth-order valence-electron chi connectivity index (χ4n) is 1.46. The topological polar surface area (TPSA) is 36.9 Å². The summed E-state index contributed by atoms with van der Waals surface area (Å²) in [7, 11) is 3.43. The van der Waals surface area contributed by atoms with Gasteiger partial charge in [-0.05, 0) is 38.5 Å². The first-order chi connectivity index (χ1) is 8.91. The van der Waals surface area contributed by atoms with Crippen LogP contribution in [0.15, 0.2) is 0 Å². The van der Waals surface area contributed by atoms with Gasteiger partial charge < -0.3 is 18.9 Å². The van der Waals surface area contributed by atoms with Gasteiger partial charge in [0.1, 0.15) is 0 Å². The van der Waals surface area contributed by atoms with Crippen molar-refractivity contribution in [1.82, 2.24) is 0 Å². The van der Waals surface area contributed by atoms with Crippen molar-refractivity contribution in [1.29, 1.82) is 0 Å². The number of unbranched alkanes of at least 4 members (excludes halogenated alkanes) is 3. The van der Waals surface area contributed by atoms with E-state index in [1.807, 2.05) is 0 Å². The SMILES string of the molecule is COCCCOCC[CH]CCCOCCCOC. The zero-order valence-electron chi connectivity index (χ0n) is 12.0. The van der Waals surface area contributed by atoms with Crippen LogP contribution >= 0.6 is 0 Å². The lowest BCUT2D eigenvalue weighted by molar-refractivity contribution is 0.0985. The monoisotopic (exact) mass is 261 g/mol. The first kappa shape index (κ1) is 17.8. The molecule has 0 aromatic carbocycles. The summed E-state index contributed by atoms with van der Waals surface area (Å²) in [4.78, 5) is 0. The molecule has 0 aromatic rings. The molecule has 0 spiro atoms. The largest absolute Gasteiger partial charge is 0.385 e.